The lowest BCUT2D eigenvalue weighted by Gasteiger charge is -2.37. The standard InChI is InChI=1S/C19H20FN5O/c20-16-9-22-19(23-10-16)25-5-4-24-11-15(6-17(24)12-25)13-26-18-3-1-2-14(7-18)8-21/h1-3,7,9-10,15,17H,4-6,11-13H2/t15-,17-/m0/s1. The summed E-state index contributed by atoms with van der Waals surface area (Å²) in [5.74, 6) is 1.39. The Bertz CT molecular complexity index is 806. The smallest absolute Gasteiger partial charge is 0.225 e. The maximum atomic E-state index is 13.0. The van der Waals surface area contributed by atoms with E-state index in [0.29, 0.717) is 30.1 Å². The Kier molecular flexibility index (Phi) is 4.67. The topological polar surface area (TPSA) is 65.3 Å². The predicted molar refractivity (Wildman–Crippen MR) is 94.3 cm³/mol. The van der Waals surface area contributed by atoms with Crippen molar-refractivity contribution in [2.45, 2.75) is 12.5 Å². The molecule has 2 aliphatic rings. The van der Waals surface area contributed by atoms with Crippen LogP contribution in [0, 0.1) is 23.1 Å². The molecule has 0 amide bonds. The fraction of sp³-hybridized carbons (Fsp3) is 0.421. The summed E-state index contributed by atoms with van der Waals surface area (Å²) >= 11 is 0. The monoisotopic (exact) mass is 353 g/mol. The minimum absolute atomic E-state index is 0.411. The molecular formula is C19H20FN5O. The molecule has 7 heteroatoms. The summed E-state index contributed by atoms with van der Waals surface area (Å²) in [6, 6.07) is 9.84. The first-order chi connectivity index (χ1) is 12.7. The number of fused-ring (bicyclic) bond motifs is 1. The van der Waals surface area contributed by atoms with Crippen molar-refractivity contribution in [3.8, 4) is 11.8 Å². The van der Waals surface area contributed by atoms with Crippen LogP contribution in [0.2, 0.25) is 0 Å². The lowest BCUT2D eigenvalue weighted by atomic mass is 10.1. The molecule has 26 heavy (non-hydrogen) atoms. The third-order valence-corrected chi connectivity index (χ3v) is 5.04. The number of nitriles is 1. The average molecular weight is 353 g/mol. The fourth-order valence-electron chi connectivity index (χ4n) is 3.79. The molecule has 6 nitrogen and oxygen atoms in total. The van der Waals surface area contributed by atoms with Gasteiger partial charge in [0.15, 0.2) is 5.82 Å². The van der Waals surface area contributed by atoms with Gasteiger partial charge in [0.1, 0.15) is 5.75 Å². The molecule has 1 aromatic carbocycles. The van der Waals surface area contributed by atoms with Gasteiger partial charge < -0.3 is 9.64 Å². The van der Waals surface area contributed by atoms with Gasteiger partial charge in [-0.05, 0) is 24.6 Å². The van der Waals surface area contributed by atoms with Crippen molar-refractivity contribution in [3.63, 3.8) is 0 Å². The summed E-state index contributed by atoms with van der Waals surface area (Å²) in [4.78, 5) is 12.8. The number of aromatic nitrogens is 2. The van der Waals surface area contributed by atoms with Crippen LogP contribution >= 0.6 is 0 Å². The van der Waals surface area contributed by atoms with E-state index >= 15 is 0 Å². The van der Waals surface area contributed by atoms with E-state index in [1.807, 2.05) is 12.1 Å². The number of hydrogen-bond acceptors (Lipinski definition) is 6. The summed E-state index contributed by atoms with van der Waals surface area (Å²) in [6.07, 6.45) is 3.49. The largest absolute Gasteiger partial charge is 0.493 e. The van der Waals surface area contributed by atoms with Gasteiger partial charge in [0.2, 0.25) is 5.95 Å². The molecule has 4 rings (SSSR count). The second-order valence-corrected chi connectivity index (χ2v) is 6.85. The first kappa shape index (κ1) is 16.7. The van der Waals surface area contributed by atoms with Gasteiger partial charge >= 0.3 is 0 Å². The van der Waals surface area contributed by atoms with Gasteiger partial charge in [-0.1, -0.05) is 6.07 Å². The van der Waals surface area contributed by atoms with Crippen LogP contribution in [0.15, 0.2) is 36.7 Å². The zero-order valence-electron chi connectivity index (χ0n) is 14.4. The highest BCUT2D eigenvalue weighted by molar-refractivity contribution is 5.36. The van der Waals surface area contributed by atoms with Gasteiger partial charge in [0.05, 0.1) is 30.6 Å². The summed E-state index contributed by atoms with van der Waals surface area (Å²) in [5, 5.41) is 8.97. The molecule has 0 unspecified atom stereocenters. The van der Waals surface area contributed by atoms with Crippen LogP contribution in [0.4, 0.5) is 10.3 Å². The Morgan fingerprint density at radius 3 is 2.88 bits per heavy atom. The lowest BCUT2D eigenvalue weighted by molar-refractivity contribution is 0.216. The molecule has 0 aliphatic carbocycles. The first-order valence-corrected chi connectivity index (χ1v) is 8.81. The van der Waals surface area contributed by atoms with Crippen LogP contribution in [0.3, 0.4) is 0 Å². The van der Waals surface area contributed by atoms with Gasteiger partial charge in [0, 0.05) is 38.1 Å². The SMILES string of the molecule is N#Cc1cccc(OC[C@H]2C[C@H]3CN(c4ncc(F)cn4)CCN3C2)c1. The second-order valence-electron chi connectivity index (χ2n) is 6.85. The van der Waals surface area contributed by atoms with Crippen LogP contribution in [0.5, 0.6) is 5.75 Å². The van der Waals surface area contributed by atoms with Crippen LogP contribution in [-0.2, 0) is 0 Å². The molecule has 0 N–H and O–H groups in total. The minimum atomic E-state index is -0.411. The van der Waals surface area contributed by atoms with Gasteiger partial charge in [-0.2, -0.15) is 5.26 Å². The second kappa shape index (κ2) is 7.26. The minimum Gasteiger partial charge on any atom is -0.493 e. The van der Waals surface area contributed by atoms with E-state index in [-0.39, 0.29) is 0 Å². The zero-order valence-corrected chi connectivity index (χ0v) is 14.4. The number of benzene rings is 1. The van der Waals surface area contributed by atoms with Gasteiger partial charge in [-0.25, -0.2) is 14.4 Å². The Balaban J connectivity index is 1.33. The molecule has 1 aromatic heterocycles. The number of anilines is 1. The maximum absolute atomic E-state index is 13.0. The molecule has 2 atom stereocenters. The summed E-state index contributed by atoms with van der Waals surface area (Å²) in [6.45, 7) is 4.31. The number of ether oxygens (including phenoxy) is 1. The van der Waals surface area contributed by atoms with Crippen LogP contribution in [0.1, 0.15) is 12.0 Å². The third-order valence-electron chi connectivity index (χ3n) is 5.04. The molecule has 3 heterocycles. The first-order valence-electron chi connectivity index (χ1n) is 8.81. The van der Waals surface area contributed by atoms with Crippen molar-refractivity contribution >= 4 is 5.95 Å². The molecule has 0 bridgehead atoms. The van der Waals surface area contributed by atoms with Crippen molar-refractivity contribution in [2.24, 2.45) is 5.92 Å². The van der Waals surface area contributed by atoms with Crippen molar-refractivity contribution < 1.29 is 9.13 Å². The van der Waals surface area contributed by atoms with Crippen molar-refractivity contribution in [1.82, 2.24) is 14.9 Å². The highest BCUT2D eigenvalue weighted by atomic mass is 19.1. The Hall–Kier alpha value is -2.72. The maximum Gasteiger partial charge on any atom is 0.225 e. The highest BCUT2D eigenvalue weighted by Crippen LogP contribution is 2.28. The number of piperazine rings is 1. The van der Waals surface area contributed by atoms with Crippen molar-refractivity contribution in [1.29, 1.82) is 5.26 Å². The van der Waals surface area contributed by atoms with E-state index in [0.717, 1.165) is 38.3 Å². The van der Waals surface area contributed by atoms with Crippen molar-refractivity contribution in [2.75, 3.05) is 37.7 Å². The summed E-state index contributed by atoms with van der Waals surface area (Å²) < 4.78 is 18.9. The number of halogens is 1. The fourth-order valence-corrected chi connectivity index (χ4v) is 3.79. The molecule has 134 valence electrons. The molecule has 2 aromatic rings. The number of nitrogens with zero attached hydrogens (tertiary/aromatic N) is 5. The molecule has 0 spiro atoms. The normalized spacial score (nSPS) is 22.7. The lowest BCUT2D eigenvalue weighted by Crippen LogP contribution is -2.50. The average Bonchev–Trinajstić information content (AvgIpc) is 3.09. The van der Waals surface area contributed by atoms with Crippen LogP contribution in [-0.4, -0.2) is 53.7 Å². The number of hydrogen-bond donors (Lipinski definition) is 0. The van der Waals surface area contributed by atoms with E-state index in [1.54, 1.807) is 12.1 Å². The van der Waals surface area contributed by atoms with E-state index in [2.05, 4.69) is 25.8 Å². The zero-order chi connectivity index (χ0) is 17.9. The molecule has 0 saturated carbocycles. The van der Waals surface area contributed by atoms with Crippen LogP contribution < -0.4 is 9.64 Å². The quantitative estimate of drug-likeness (QED) is 0.838. The van der Waals surface area contributed by atoms with Crippen LogP contribution in [0.25, 0.3) is 0 Å². The predicted octanol–water partition coefficient (Wildman–Crippen LogP) is 2.08. The Morgan fingerprint density at radius 2 is 2.08 bits per heavy atom. The van der Waals surface area contributed by atoms with Gasteiger partial charge in [-0.15, -0.1) is 0 Å². The molecule has 2 fully saturated rings. The van der Waals surface area contributed by atoms with Gasteiger partial charge in [-0.3, -0.25) is 4.90 Å². The molecule has 2 saturated heterocycles. The third kappa shape index (κ3) is 3.60. The Labute approximate surface area is 151 Å². The van der Waals surface area contributed by atoms with Gasteiger partial charge in [0.25, 0.3) is 0 Å². The summed E-state index contributed by atoms with van der Waals surface area (Å²) in [7, 11) is 0. The van der Waals surface area contributed by atoms with E-state index in [1.165, 1.54) is 12.4 Å². The molecule has 2 aliphatic heterocycles. The van der Waals surface area contributed by atoms with E-state index in [9.17, 15) is 4.39 Å². The van der Waals surface area contributed by atoms with E-state index < -0.39 is 5.82 Å². The molecule has 0 radical (unpaired) electrons. The number of rotatable bonds is 4. The Morgan fingerprint density at radius 1 is 1.23 bits per heavy atom. The van der Waals surface area contributed by atoms with Crippen molar-refractivity contribution in [3.05, 3.63) is 48.0 Å². The molecular weight excluding hydrogens is 333 g/mol. The summed E-state index contributed by atoms with van der Waals surface area (Å²) in [5.41, 5.74) is 0.612. The van der Waals surface area contributed by atoms with E-state index in [4.69, 9.17) is 10.00 Å². The highest BCUT2D eigenvalue weighted by Gasteiger charge is 2.37.